The summed E-state index contributed by atoms with van der Waals surface area (Å²) in [5.74, 6) is 0.608. The lowest BCUT2D eigenvalue weighted by Crippen LogP contribution is -2.37. The van der Waals surface area contributed by atoms with Gasteiger partial charge < -0.3 is 5.73 Å². The molecule has 0 aliphatic heterocycles. The molecule has 0 heterocycles. The molecule has 1 aromatic rings. The molecule has 1 aliphatic rings. The van der Waals surface area contributed by atoms with Gasteiger partial charge in [0.25, 0.3) is 0 Å². The third-order valence-electron chi connectivity index (χ3n) is 4.65. The van der Waals surface area contributed by atoms with Crippen LogP contribution in [0.25, 0.3) is 0 Å². The summed E-state index contributed by atoms with van der Waals surface area (Å²) in [6, 6.07) is 5.30. The topological polar surface area (TPSA) is 26.0 Å². The Kier molecular flexibility index (Phi) is 5.02. The molecule has 1 fully saturated rings. The number of hydrogen-bond donors (Lipinski definition) is 1. The SMILES string of the molecule is CCC1CCCC(CN)(Cc2cccc(F)c2Br)C1. The molecule has 0 amide bonds. The van der Waals surface area contributed by atoms with Crippen LogP contribution in [0.4, 0.5) is 4.39 Å². The van der Waals surface area contributed by atoms with Crippen molar-refractivity contribution in [2.24, 2.45) is 17.1 Å². The molecule has 2 unspecified atom stereocenters. The third-order valence-corrected chi connectivity index (χ3v) is 5.54. The summed E-state index contributed by atoms with van der Waals surface area (Å²) in [6.07, 6.45) is 7.04. The van der Waals surface area contributed by atoms with Crippen LogP contribution in [-0.4, -0.2) is 6.54 Å². The van der Waals surface area contributed by atoms with Crippen molar-refractivity contribution in [1.82, 2.24) is 0 Å². The van der Waals surface area contributed by atoms with Crippen molar-refractivity contribution in [2.75, 3.05) is 6.54 Å². The molecule has 1 nitrogen and oxygen atoms in total. The van der Waals surface area contributed by atoms with Gasteiger partial charge in [-0.25, -0.2) is 4.39 Å². The molecular weight excluding hydrogens is 305 g/mol. The van der Waals surface area contributed by atoms with Gasteiger partial charge in [-0.1, -0.05) is 38.3 Å². The molecule has 0 bridgehead atoms. The molecule has 2 rings (SSSR count). The summed E-state index contributed by atoms with van der Waals surface area (Å²) in [5.41, 5.74) is 7.30. The minimum absolute atomic E-state index is 0.162. The summed E-state index contributed by atoms with van der Waals surface area (Å²) in [4.78, 5) is 0. The predicted molar refractivity (Wildman–Crippen MR) is 81.5 cm³/mol. The fourth-order valence-electron chi connectivity index (χ4n) is 3.44. The Morgan fingerprint density at radius 3 is 2.95 bits per heavy atom. The van der Waals surface area contributed by atoms with Gasteiger partial charge in [-0.3, -0.25) is 0 Å². The van der Waals surface area contributed by atoms with Crippen molar-refractivity contribution in [2.45, 2.75) is 45.4 Å². The smallest absolute Gasteiger partial charge is 0.137 e. The lowest BCUT2D eigenvalue weighted by Gasteiger charge is -2.40. The Morgan fingerprint density at radius 1 is 1.47 bits per heavy atom. The summed E-state index contributed by atoms with van der Waals surface area (Å²) < 4.78 is 14.2. The van der Waals surface area contributed by atoms with E-state index in [1.165, 1.54) is 38.2 Å². The van der Waals surface area contributed by atoms with Gasteiger partial charge in [-0.15, -0.1) is 0 Å². The number of benzene rings is 1. The van der Waals surface area contributed by atoms with Crippen LogP contribution >= 0.6 is 15.9 Å². The van der Waals surface area contributed by atoms with E-state index >= 15 is 0 Å². The van der Waals surface area contributed by atoms with Crippen molar-refractivity contribution in [3.63, 3.8) is 0 Å². The van der Waals surface area contributed by atoms with Gasteiger partial charge in [-0.05, 0) is 64.7 Å². The average molecular weight is 328 g/mol. The van der Waals surface area contributed by atoms with Crippen molar-refractivity contribution in [3.8, 4) is 0 Å². The Bertz CT molecular complexity index is 435. The first-order chi connectivity index (χ1) is 9.10. The standard InChI is InChI=1S/C16H23BrFN/c1-2-12-5-4-8-16(9-12,11-19)10-13-6-3-7-14(18)15(13)17/h3,6-7,12H,2,4-5,8-11,19H2,1H3. The second-order valence-corrected chi connectivity index (χ2v) is 6.76. The Morgan fingerprint density at radius 2 is 2.26 bits per heavy atom. The minimum Gasteiger partial charge on any atom is -0.330 e. The minimum atomic E-state index is -0.174. The number of nitrogens with two attached hydrogens (primary N) is 1. The van der Waals surface area contributed by atoms with E-state index in [0.717, 1.165) is 17.9 Å². The van der Waals surface area contributed by atoms with Crippen molar-refractivity contribution >= 4 is 15.9 Å². The molecule has 2 atom stereocenters. The Balaban J connectivity index is 2.20. The van der Waals surface area contributed by atoms with Crippen molar-refractivity contribution in [1.29, 1.82) is 0 Å². The molecular formula is C16H23BrFN. The van der Waals surface area contributed by atoms with Crippen LogP contribution in [0.3, 0.4) is 0 Å². The monoisotopic (exact) mass is 327 g/mol. The molecule has 0 aromatic heterocycles. The Labute approximate surface area is 123 Å². The van der Waals surface area contributed by atoms with Crippen LogP contribution in [0.2, 0.25) is 0 Å². The zero-order chi connectivity index (χ0) is 13.9. The first kappa shape index (κ1) is 15.0. The molecule has 1 saturated carbocycles. The molecule has 2 N–H and O–H groups in total. The van der Waals surface area contributed by atoms with Gasteiger partial charge in [0, 0.05) is 0 Å². The first-order valence-electron chi connectivity index (χ1n) is 7.23. The van der Waals surface area contributed by atoms with E-state index in [2.05, 4.69) is 22.9 Å². The average Bonchev–Trinajstić information content (AvgIpc) is 2.44. The van der Waals surface area contributed by atoms with E-state index < -0.39 is 0 Å². The van der Waals surface area contributed by atoms with E-state index in [1.54, 1.807) is 6.07 Å². The van der Waals surface area contributed by atoms with Crippen molar-refractivity contribution in [3.05, 3.63) is 34.1 Å². The van der Waals surface area contributed by atoms with Gasteiger partial charge in [-0.2, -0.15) is 0 Å². The van der Waals surface area contributed by atoms with E-state index in [9.17, 15) is 4.39 Å². The number of hydrogen-bond acceptors (Lipinski definition) is 1. The molecule has 0 saturated heterocycles. The molecule has 1 aromatic carbocycles. The van der Waals surface area contributed by atoms with Crippen LogP contribution in [-0.2, 0) is 6.42 Å². The molecule has 0 spiro atoms. The van der Waals surface area contributed by atoms with Crippen molar-refractivity contribution < 1.29 is 4.39 Å². The predicted octanol–water partition coefficient (Wildman–Crippen LogP) is 4.68. The summed E-state index contributed by atoms with van der Waals surface area (Å²) in [7, 11) is 0. The largest absolute Gasteiger partial charge is 0.330 e. The molecule has 19 heavy (non-hydrogen) atoms. The van der Waals surface area contributed by atoms with E-state index in [0.29, 0.717) is 11.0 Å². The van der Waals surface area contributed by atoms with Crippen LogP contribution in [0, 0.1) is 17.2 Å². The summed E-state index contributed by atoms with van der Waals surface area (Å²) >= 11 is 3.38. The van der Waals surface area contributed by atoms with Crippen LogP contribution < -0.4 is 5.73 Å². The molecule has 106 valence electrons. The molecule has 0 radical (unpaired) electrons. The second-order valence-electron chi connectivity index (χ2n) is 5.96. The lowest BCUT2D eigenvalue weighted by atomic mass is 9.66. The van der Waals surface area contributed by atoms with Gasteiger partial charge in [0.05, 0.1) is 4.47 Å². The van der Waals surface area contributed by atoms with Gasteiger partial charge >= 0.3 is 0 Å². The maximum atomic E-state index is 13.6. The third kappa shape index (κ3) is 3.38. The highest BCUT2D eigenvalue weighted by Gasteiger charge is 2.35. The second kappa shape index (κ2) is 6.36. The normalized spacial score (nSPS) is 27.5. The highest BCUT2D eigenvalue weighted by Crippen LogP contribution is 2.43. The molecule has 1 aliphatic carbocycles. The summed E-state index contributed by atoms with van der Waals surface area (Å²) in [5, 5.41) is 0. The zero-order valence-electron chi connectivity index (χ0n) is 11.6. The van der Waals surface area contributed by atoms with Crippen LogP contribution in [0.5, 0.6) is 0 Å². The van der Waals surface area contributed by atoms with Gasteiger partial charge in [0.15, 0.2) is 0 Å². The van der Waals surface area contributed by atoms with Crippen LogP contribution in [0.1, 0.15) is 44.6 Å². The van der Waals surface area contributed by atoms with E-state index in [4.69, 9.17) is 5.73 Å². The highest BCUT2D eigenvalue weighted by atomic mass is 79.9. The summed E-state index contributed by atoms with van der Waals surface area (Å²) in [6.45, 7) is 2.96. The zero-order valence-corrected chi connectivity index (χ0v) is 13.2. The number of halogens is 2. The first-order valence-corrected chi connectivity index (χ1v) is 8.02. The van der Waals surface area contributed by atoms with Gasteiger partial charge in [0.1, 0.15) is 5.82 Å². The maximum Gasteiger partial charge on any atom is 0.137 e. The van der Waals surface area contributed by atoms with Gasteiger partial charge in [0.2, 0.25) is 0 Å². The fraction of sp³-hybridized carbons (Fsp3) is 0.625. The molecule has 3 heteroatoms. The van der Waals surface area contributed by atoms with Crippen LogP contribution in [0.15, 0.2) is 22.7 Å². The lowest BCUT2D eigenvalue weighted by molar-refractivity contribution is 0.142. The fourth-order valence-corrected chi connectivity index (χ4v) is 3.84. The van der Waals surface area contributed by atoms with E-state index in [1.807, 2.05) is 6.07 Å². The quantitative estimate of drug-likeness (QED) is 0.853. The Hall–Kier alpha value is -0.410. The van der Waals surface area contributed by atoms with E-state index in [-0.39, 0.29) is 11.2 Å². The number of rotatable bonds is 4. The maximum absolute atomic E-state index is 13.6. The highest BCUT2D eigenvalue weighted by molar-refractivity contribution is 9.10.